The highest BCUT2D eigenvalue weighted by Crippen LogP contribution is 2.16. The van der Waals surface area contributed by atoms with Crippen molar-refractivity contribution in [2.24, 2.45) is 0 Å². The third kappa shape index (κ3) is 10.5. The van der Waals surface area contributed by atoms with Crippen molar-refractivity contribution in [3.8, 4) is 0 Å². The van der Waals surface area contributed by atoms with Crippen molar-refractivity contribution in [3.63, 3.8) is 0 Å². The minimum absolute atomic E-state index is 0.0571. The Morgan fingerprint density at radius 1 is 1.27 bits per heavy atom. The van der Waals surface area contributed by atoms with Crippen molar-refractivity contribution in [2.75, 3.05) is 31.6 Å². The second-order valence-electron chi connectivity index (χ2n) is 3.50. The van der Waals surface area contributed by atoms with Crippen LogP contribution in [-0.2, 0) is 4.74 Å². The quantitative estimate of drug-likeness (QED) is 0.669. The highest BCUT2D eigenvalue weighted by Gasteiger charge is 2.30. The van der Waals surface area contributed by atoms with Crippen molar-refractivity contribution in [2.45, 2.75) is 26.1 Å². The maximum Gasteiger partial charge on any atom is 0.401 e. The van der Waals surface area contributed by atoms with Gasteiger partial charge in [0.15, 0.2) is 0 Å². The fraction of sp³-hybridized carbons (Fsp3) is 1.00. The molecule has 0 aromatic rings. The van der Waals surface area contributed by atoms with Crippen molar-refractivity contribution in [1.82, 2.24) is 4.90 Å². The summed E-state index contributed by atoms with van der Waals surface area (Å²) in [6, 6.07) is 0. The first-order valence-corrected chi connectivity index (χ1v) is 5.94. The summed E-state index contributed by atoms with van der Waals surface area (Å²) in [5.41, 5.74) is 0. The van der Waals surface area contributed by atoms with Gasteiger partial charge >= 0.3 is 6.18 Å². The molecule has 0 radical (unpaired) electrons. The summed E-state index contributed by atoms with van der Waals surface area (Å²) >= 11 is 3.13. The Hall–Kier alpha value is 0.190. The zero-order valence-electron chi connectivity index (χ0n) is 8.98. The van der Waals surface area contributed by atoms with Crippen molar-refractivity contribution >= 4 is 15.9 Å². The molecule has 0 fully saturated rings. The van der Waals surface area contributed by atoms with E-state index in [0.717, 1.165) is 0 Å². The molecule has 0 aromatic heterocycles. The molecule has 6 heteroatoms. The van der Waals surface area contributed by atoms with E-state index in [-0.39, 0.29) is 6.10 Å². The van der Waals surface area contributed by atoms with Gasteiger partial charge in [-0.3, -0.25) is 4.90 Å². The third-order valence-corrected chi connectivity index (χ3v) is 2.02. The number of nitrogens with zero attached hydrogens (tertiary/aromatic N) is 1. The van der Waals surface area contributed by atoms with Crippen molar-refractivity contribution in [1.29, 1.82) is 0 Å². The van der Waals surface area contributed by atoms with Crippen molar-refractivity contribution < 1.29 is 17.9 Å². The number of ether oxygens (including phenoxy) is 1. The number of rotatable bonds is 7. The third-order valence-electron chi connectivity index (χ3n) is 1.66. The van der Waals surface area contributed by atoms with E-state index in [1.165, 1.54) is 4.90 Å². The lowest BCUT2D eigenvalue weighted by atomic mass is 10.4. The number of hydrogen-bond acceptors (Lipinski definition) is 2. The van der Waals surface area contributed by atoms with Gasteiger partial charge in [0.05, 0.1) is 19.3 Å². The highest BCUT2D eigenvalue weighted by atomic mass is 79.9. The normalized spacial score (nSPS) is 12.8. The van der Waals surface area contributed by atoms with Crippen LogP contribution in [0.4, 0.5) is 13.2 Å². The first-order valence-electron chi connectivity index (χ1n) is 4.82. The van der Waals surface area contributed by atoms with Gasteiger partial charge in [-0.2, -0.15) is 13.2 Å². The monoisotopic (exact) mass is 291 g/mol. The molecule has 0 aromatic carbocycles. The van der Waals surface area contributed by atoms with Gasteiger partial charge in [0, 0.05) is 18.4 Å². The van der Waals surface area contributed by atoms with E-state index in [4.69, 9.17) is 4.74 Å². The summed E-state index contributed by atoms with van der Waals surface area (Å²) in [4.78, 5) is 1.33. The molecule has 0 N–H and O–H groups in total. The molecule has 0 aliphatic carbocycles. The van der Waals surface area contributed by atoms with Gasteiger partial charge in [0.2, 0.25) is 0 Å². The molecule has 15 heavy (non-hydrogen) atoms. The summed E-state index contributed by atoms with van der Waals surface area (Å²) in [5, 5.41) is 0.532. The maximum atomic E-state index is 12.1. The predicted molar refractivity (Wildman–Crippen MR) is 57.4 cm³/mol. The Labute approximate surface area is 96.9 Å². The Morgan fingerprint density at radius 3 is 2.27 bits per heavy atom. The van der Waals surface area contributed by atoms with Crippen LogP contribution < -0.4 is 0 Å². The summed E-state index contributed by atoms with van der Waals surface area (Å²) in [5.74, 6) is 0. The van der Waals surface area contributed by atoms with Crippen LogP contribution >= 0.6 is 15.9 Å². The molecular weight excluding hydrogens is 275 g/mol. The Morgan fingerprint density at radius 2 is 1.87 bits per heavy atom. The van der Waals surface area contributed by atoms with E-state index in [0.29, 0.717) is 25.0 Å². The lowest BCUT2D eigenvalue weighted by molar-refractivity contribution is -0.146. The minimum Gasteiger partial charge on any atom is -0.377 e. The Bertz CT molecular complexity index is 164. The fourth-order valence-corrected chi connectivity index (χ4v) is 1.56. The molecule has 0 saturated carbocycles. The second kappa shape index (κ2) is 7.46. The Kier molecular flexibility index (Phi) is 7.56. The van der Waals surface area contributed by atoms with E-state index in [2.05, 4.69) is 15.9 Å². The second-order valence-corrected chi connectivity index (χ2v) is 4.29. The van der Waals surface area contributed by atoms with Crippen LogP contribution in [0.15, 0.2) is 0 Å². The minimum atomic E-state index is -4.14. The maximum absolute atomic E-state index is 12.1. The summed E-state index contributed by atoms with van der Waals surface area (Å²) in [7, 11) is 0. The molecule has 0 amide bonds. The molecule has 0 aliphatic rings. The molecule has 0 spiro atoms. The van der Waals surface area contributed by atoms with Gasteiger partial charge in [-0.15, -0.1) is 0 Å². The van der Waals surface area contributed by atoms with E-state index in [1.807, 2.05) is 13.8 Å². The van der Waals surface area contributed by atoms with Gasteiger partial charge < -0.3 is 4.74 Å². The molecule has 2 nitrogen and oxygen atoms in total. The lowest BCUT2D eigenvalue weighted by Gasteiger charge is -2.23. The topological polar surface area (TPSA) is 12.5 Å². The van der Waals surface area contributed by atoms with Gasteiger partial charge in [-0.05, 0) is 13.8 Å². The first-order chi connectivity index (χ1) is 6.85. The van der Waals surface area contributed by atoms with Gasteiger partial charge in [0.25, 0.3) is 0 Å². The van der Waals surface area contributed by atoms with Crippen LogP contribution in [0.5, 0.6) is 0 Å². The summed E-state index contributed by atoms with van der Waals surface area (Å²) in [6.45, 7) is 3.86. The van der Waals surface area contributed by atoms with E-state index in [9.17, 15) is 13.2 Å². The van der Waals surface area contributed by atoms with Gasteiger partial charge in [-0.1, -0.05) is 15.9 Å². The lowest BCUT2D eigenvalue weighted by Crippen LogP contribution is -2.38. The first kappa shape index (κ1) is 15.2. The number of hydrogen-bond donors (Lipinski definition) is 0. The summed E-state index contributed by atoms with van der Waals surface area (Å²) < 4.78 is 41.6. The number of halogens is 4. The molecule has 0 rings (SSSR count). The largest absolute Gasteiger partial charge is 0.401 e. The molecule has 0 aliphatic heterocycles. The molecular formula is C9H17BrF3NO. The SMILES string of the molecule is CC(C)OCCN(CCBr)CC(F)(F)F. The van der Waals surface area contributed by atoms with Gasteiger partial charge in [0.1, 0.15) is 0 Å². The van der Waals surface area contributed by atoms with Gasteiger partial charge in [-0.25, -0.2) is 0 Å². The van der Waals surface area contributed by atoms with E-state index < -0.39 is 12.7 Å². The summed E-state index contributed by atoms with van der Waals surface area (Å²) in [6.07, 6.45) is -4.08. The zero-order chi connectivity index (χ0) is 11.9. The zero-order valence-corrected chi connectivity index (χ0v) is 10.6. The van der Waals surface area contributed by atoms with Crippen LogP contribution in [0, 0.1) is 0 Å². The molecule has 0 heterocycles. The molecule has 0 saturated heterocycles. The van der Waals surface area contributed by atoms with Crippen LogP contribution in [0.25, 0.3) is 0 Å². The fourth-order valence-electron chi connectivity index (χ4n) is 1.06. The highest BCUT2D eigenvalue weighted by molar-refractivity contribution is 9.09. The van der Waals surface area contributed by atoms with E-state index in [1.54, 1.807) is 0 Å². The van der Waals surface area contributed by atoms with Crippen LogP contribution in [0.1, 0.15) is 13.8 Å². The van der Waals surface area contributed by atoms with Crippen LogP contribution in [0.2, 0.25) is 0 Å². The molecule has 0 bridgehead atoms. The van der Waals surface area contributed by atoms with Crippen LogP contribution in [0.3, 0.4) is 0 Å². The molecule has 0 unspecified atom stereocenters. The van der Waals surface area contributed by atoms with Crippen molar-refractivity contribution in [3.05, 3.63) is 0 Å². The smallest absolute Gasteiger partial charge is 0.377 e. The van der Waals surface area contributed by atoms with Crippen LogP contribution in [-0.4, -0.2) is 48.8 Å². The average molecular weight is 292 g/mol. The standard InChI is InChI=1S/C9H17BrF3NO/c1-8(2)15-6-5-14(4-3-10)7-9(11,12)13/h8H,3-7H2,1-2H3. The van der Waals surface area contributed by atoms with E-state index >= 15 is 0 Å². The molecule has 92 valence electrons. The average Bonchev–Trinajstić information content (AvgIpc) is 2.00. The Balaban J connectivity index is 3.83. The molecule has 0 atom stereocenters. The predicted octanol–water partition coefficient (Wildman–Crippen LogP) is 2.67. The number of alkyl halides is 4.